The Kier molecular flexibility index (Phi) is 6.46. The summed E-state index contributed by atoms with van der Waals surface area (Å²) >= 11 is 0. The van der Waals surface area contributed by atoms with E-state index in [1.807, 2.05) is 6.92 Å². The number of para-hydroxylation sites is 1. The summed E-state index contributed by atoms with van der Waals surface area (Å²) in [6, 6.07) is 6.60. The van der Waals surface area contributed by atoms with E-state index in [4.69, 9.17) is 9.84 Å². The van der Waals surface area contributed by atoms with E-state index in [0.29, 0.717) is 18.4 Å². The first-order valence-electron chi connectivity index (χ1n) is 6.27. The van der Waals surface area contributed by atoms with Gasteiger partial charge in [-0.05, 0) is 18.6 Å². The highest BCUT2D eigenvalue weighted by molar-refractivity contribution is 5.99. The number of amides is 2. The molecule has 21 heavy (non-hydrogen) atoms. The van der Waals surface area contributed by atoms with Crippen LogP contribution in [0.1, 0.15) is 23.7 Å². The van der Waals surface area contributed by atoms with E-state index in [9.17, 15) is 14.4 Å². The van der Waals surface area contributed by atoms with E-state index < -0.39 is 17.8 Å². The molecule has 0 saturated carbocycles. The number of ether oxygens (including phenoxy) is 1. The third kappa shape index (κ3) is 5.77. The van der Waals surface area contributed by atoms with Crippen LogP contribution in [0.4, 0.5) is 0 Å². The molecule has 0 fully saturated rings. The number of hydrogen-bond donors (Lipinski definition) is 3. The number of carbonyl (C=O) groups excluding carboxylic acids is 2. The van der Waals surface area contributed by atoms with Gasteiger partial charge in [0.05, 0.1) is 12.2 Å². The molecule has 1 rings (SSSR count). The van der Waals surface area contributed by atoms with E-state index in [1.165, 1.54) is 0 Å². The maximum absolute atomic E-state index is 11.9. The van der Waals surface area contributed by atoms with Gasteiger partial charge in [-0.2, -0.15) is 0 Å². The van der Waals surface area contributed by atoms with Crippen molar-refractivity contribution < 1.29 is 24.2 Å². The fourth-order valence-corrected chi connectivity index (χ4v) is 1.37. The van der Waals surface area contributed by atoms with Gasteiger partial charge in [0.1, 0.15) is 5.75 Å². The average molecular weight is 292 g/mol. The van der Waals surface area contributed by atoms with Gasteiger partial charge in [-0.3, -0.25) is 20.4 Å². The molecule has 0 aliphatic carbocycles. The molecule has 0 unspecified atom stereocenters. The van der Waals surface area contributed by atoms with Crippen LogP contribution in [0.2, 0.25) is 0 Å². The van der Waals surface area contributed by atoms with Crippen molar-refractivity contribution in [3.8, 4) is 5.75 Å². The van der Waals surface area contributed by atoms with Crippen LogP contribution in [-0.2, 0) is 9.59 Å². The topological polar surface area (TPSA) is 105 Å². The molecule has 3 N–H and O–H groups in total. The van der Waals surface area contributed by atoms with Crippen molar-refractivity contribution >= 4 is 17.8 Å². The first kappa shape index (κ1) is 16.2. The van der Waals surface area contributed by atoms with Crippen molar-refractivity contribution in [1.29, 1.82) is 0 Å². The molecule has 0 spiro atoms. The van der Waals surface area contributed by atoms with Crippen LogP contribution < -0.4 is 15.6 Å². The number of nitrogens with one attached hydrogen (secondary N) is 2. The molecule has 0 saturated heterocycles. The Labute approximate surface area is 121 Å². The molecule has 2 amide bonds. The van der Waals surface area contributed by atoms with Crippen LogP contribution in [0, 0.1) is 0 Å². The lowest BCUT2D eigenvalue weighted by Crippen LogP contribution is -2.41. The Morgan fingerprint density at radius 2 is 1.90 bits per heavy atom. The molecule has 0 aliphatic rings. The first-order valence-corrected chi connectivity index (χ1v) is 6.27. The molecule has 7 nitrogen and oxygen atoms in total. The minimum Gasteiger partial charge on any atom is -0.493 e. The van der Waals surface area contributed by atoms with Crippen molar-refractivity contribution in [3.63, 3.8) is 0 Å². The lowest BCUT2D eigenvalue weighted by Gasteiger charge is -2.11. The zero-order chi connectivity index (χ0) is 15.7. The summed E-state index contributed by atoms with van der Waals surface area (Å²) in [6.45, 7) is 2.41. The monoisotopic (exact) mass is 292 g/mol. The number of hydrogen-bond acceptors (Lipinski definition) is 4. The Bertz CT molecular complexity index is 554. The van der Waals surface area contributed by atoms with Gasteiger partial charge >= 0.3 is 5.97 Å². The molecular weight excluding hydrogens is 276 g/mol. The largest absolute Gasteiger partial charge is 0.493 e. The SMILES string of the molecule is CCCOc1ccccc1C(=O)NNC(=O)C=CC(=O)O. The predicted molar refractivity (Wildman–Crippen MR) is 74.6 cm³/mol. The molecular formula is C14H16N2O5. The average Bonchev–Trinajstić information content (AvgIpc) is 2.48. The zero-order valence-electron chi connectivity index (χ0n) is 11.5. The Hall–Kier alpha value is -2.83. The van der Waals surface area contributed by atoms with Gasteiger partial charge in [-0.25, -0.2) is 4.79 Å². The van der Waals surface area contributed by atoms with Gasteiger partial charge in [-0.1, -0.05) is 19.1 Å². The Morgan fingerprint density at radius 3 is 2.57 bits per heavy atom. The first-order chi connectivity index (χ1) is 10.0. The molecule has 0 heterocycles. The number of benzene rings is 1. The molecule has 1 aromatic rings. The molecule has 0 bridgehead atoms. The second-order valence-electron chi connectivity index (χ2n) is 3.96. The highest BCUT2D eigenvalue weighted by Crippen LogP contribution is 2.17. The molecule has 0 radical (unpaired) electrons. The molecule has 1 aromatic carbocycles. The number of aliphatic carboxylic acids is 1. The third-order valence-corrected chi connectivity index (χ3v) is 2.27. The summed E-state index contributed by atoms with van der Waals surface area (Å²) in [5.74, 6) is -2.15. The number of hydrazine groups is 1. The number of carboxylic acids is 1. The van der Waals surface area contributed by atoms with Crippen LogP contribution in [0.15, 0.2) is 36.4 Å². The standard InChI is InChI=1S/C14H16N2O5/c1-2-9-21-11-6-4-3-5-10(11)14(20)16-15-12(17)7-8-13(18)19/h3-8H,2,9H2,1H3,(H,15,17)(H,16,20)(H,18,19). The van der Waals surface area contributed by atoms with E-state index in [1.54, 1.807) is 24.3 Å². The highest BCUT2D eigenvalue weighted by Gasteiger charge is 2.12. The lowest BCUT2D eigenvalue weighted by molar-refractivity contribution is -0.131. The van der Waals surface area contributed by atoms with E-state index in [2.05, 4.69) is 10.9 Å². The Morgan fingerprint density at radius 1 is 1.19 bits per heavy atom. The Balaban J connectivity index is 2.63. The van der Waals surface area contributed by atoms with Gasteiger partial charge < -0.3 is 9.84 Å². The van der Waals surface area contributed by atoms with E-state index in [-0.39, 0.29) is 5.56 Å². The molecule has 0 atom stereocenters. The van der Waals surface area contributed by atoms with Crippen molar-refractivity contribution in [1.82, 2.24) is 10.9 Å². The summed E-state index contributed by atoms with van der Waals surface area (Å²) in [6.07, 6.45) is 2.26. The quantitative estimate of drug-likeness (QED) is 0.533. The van der Waals surface area contributed by atoms with E-state index in [0.717, 1.165) is 12.5 Å². The molecule has 0 aliphatic heterocycles. The van der Waals surface area contributed by atoms with Gasteiger partial charge in [0.25, 0.3) is 11.8 Å². The van der Waals surface area contributed by atoms with Gasteiger partial charge in [0.15, 0.2) is 0 Å². The summed E-state index contributed by atoms with van der Waals surface area (Å²) in [4.78, 5) is 33.4. The van der Waals surface area contributed by atoms with Crippen LogP contribution >= 0.6 is 0 Å². The summed E-state index contributed by atoms with van der Waals surface area (Å²) in [5.41, 5.74) is 4.52. The van der Waals surface area contributed by atoms with Crippen molar-refractivity contribution in [3.05, 3.63) is 42.0 Å². The zero-order valence-corrected chi connectivity index (χ0v) is 11.5. The van der Waals surface area contributed by atoms with Crippen molar-refractivity contribution in [2.24, 2.45) is 0 Å². The lowest BCUT2D eigenvalue weighted by atomic mass is 10.2. The third-order valence-electron chi connectivity index (χ3n) is 2.27. The summed E-state index contributed by atoms with van der Waals surface area (Å²) < 4.78 is 5.43. The smallest absolute Gasteiger partial charge is 0.328 e. The van der Waals surface area contributed by atoms with E-state index >= 15 is 0 Å². The molecule has 112 valence electrons. The molecule has 7 heteroatoms. The van der Waals surface area contributed by atoms with Crippen LogP contribution in [0.5, 0.6) is 5.75 Å². The number of carbonyl (C=O) groups is 3. The highest BCUT2D eigenvalue weighted by atomic mass is 16.5. The maximum atomic E-state index is 11.9. The maximum Gasteiger partial charge on any atom is 0.328 e. The predicted octanol–water partition coefficient (Wildman–Crippen LogP) is 0.877. The number of carboxylic acid groups (broad SMARTS) is 1. The van der Waals surface area contributed by atoms with Gasteiger partial charge in [-0.15, -0.1) is 0 Å². The number of rotatable bonds is 6. The fraction of sp³-hybridized carbons (Fsp3) is 0.214. The van der Waals surface area contributed by atoms with Gasteiger partial charge in [0, 0.05) is 12.2 Å². The van der Waals surface area contributed by atoms with Gasteiger partial charge in [0.2, 0.25) is 0 Å². The van der Waals surface area contributed by atoms with Crippen molar-refractivity contribution in [2.45, 2.75) is 13.3 Å². The second kappa shape index (κ2) is 8.36. The van der Waals surface area contributed by atoms with Crippen LogP contribution in [-0.4, -0.2) is 29.5 Å². The summed E-state index contributed by atoms with van der Waals surface area (Å²) in [5, 5.41) is 8.37. The van der Waals surface area contributed by atoms with Crippen molar-refractivity contribution in [2.75, 3.05) is 6.61 Å². The minimum absolute atomic E-state index is 0.272. The second-order valence-corrected chi connectivity index (χ2v) is 3.96. The fourth-order valence-electron chi connectivity index (χ4n) is 1.37. The summed E-state index contributed by atoms with van der Waals surface area (Å²) in [7, 11) is 0. The molecule has 0 aromatic heterocycles. The van der Waals surface area contributed by atoms with Crippen LogP contribution in [0.3, 0.4) is 0 Å². The van der Waals surface area contributed by atoms with Crippen LogP contribution in [0.25, 0.3) is 0 Å². The normalized spacial score (nSPS) is 10.1. The minimum atomic E-state index is -1.25.